The normalized spacial score (nSPS) is 18.5. The highest BCUT2D eigenvalue weighted by Crippen LogP contribution is 2.26. The van der Waals surface area contributed by atoms with E-state index < -0.39 is 67.3 Å². The van der Waals surface area contributed by atoms with E-state index in [1.165, 1.54) is 38.5 Å². The number of rotatable bonds is 52. The van der Waals surface area contributed by atoms with E-state index in [1.807, 2.05) is 0 Å². The predicted molar refractivity (Wildman–Crippen MR) is 321 cm³/mol. The number of carboxylic acids is 1. The quantitative estimate of drug-likeness (QED) is 0.0228. The molecule has 1 fully saturated rings. The highest BCUT2D eigenvalue weighted by atomic mass is 16.7. The number of aliphatic hydroxyl groups excluding tert-OH is 2. The number of ether oxygens (including phenoxy) is 5. The summed E-state index contributed by atoms with van der Waals surface area (Å²) < 4.78 is 28.5. The van der Waals surface area contributed by atoms with Crippen molar-refractivity contribution in [3.05, 3.63) is 97.2 Å². The number of unbranched alkanes of at least 4 members (excludes halogenated alkanes) is 22. The molecule has 0 aliphatic carbocycles. The molecule has 1 heterocycles. The summed E-state index contributed by atoms with van der Waals surface area (Å²) in [5.74, 6) is -3.18. The molecule has 0 aromatic carbocycles. The topological polar surface area (TPSA) is 175 Å². The van der Waals surface area contributed by atoms with Gasteiger partial charge in [0.1, 0.15) is 18.8 Å². The maximum atomic E-state index is 13.2. The number of aliphatic hydroxyl groups is 2. The Bertz CT molecular complexity index is 1740. The van der Waals surface area contributed by atoms with Crippen LogP contribution < -0.4 is 0 Å². The zero-order valence-corrected chi connectivity index (χ0v) is 49.6. The minimum Gasteiger partial charge on any atom is -0.479 e. The van der Waals surface area contributed by atoms with Crippen molar-refractivity contribution in [2.24, 2.45) is 0 Å². The Kier molecular flexibility index (Phi) is 49.9. The molecule has 450 valence electrons. The van der Waals surface area contributed by atoms with Crippen LogP contribution in [0, 0.1) is 0 Å². The van der Waals surface area contributed by atoms with E-state index in [1.54, 1.807) is 0 Å². The number of hydrogen-bond acceptors (Lipinski definition) is 11. The molecule has 12 heteroatoms. The summed E-state index contributed by atoms with van der Waals surface area (Å²) in [6, 6.07) is 0. The second-order valence-corrected chi connectivity index (χ2v) is 20.9. The molecular weight excluding hydrogens is 997 g/mol. The molecule has 0 aromatic rings. The van der Waals surface area contributed by atoms with Gasteiger partial charge in [-0.25, -0.2) is 4.79 Å². The van der Waals surface area contributed by atoms with Gasteiger partial charge in [-0.15, -0.1) is 0 Å². The Morgan fingerprint density at radius 1 is 0.430 bits per heavy atom. The van der Waals surface area contributed by atoms with E-state index in [0.717, 1.165) is 154 Å². The van der Waals surface area contributed by atoms with Gasteiger partial charge in [0.2, 0.25) is 0 Å². The minimum absolute atomic E-state index is 0.0371. The highest BCUT2D eigenvalue weighted by Gasteiger charge is 2.50. The van der Waals surface area contributed by atoms with Crippen LogP contribution in [0.25, 0.3) is 0 Å². The number of allylic oxidation sites excluding steroid dienone is 16. The minimum atomic E-state index is -1.92. The van der Waals surface area contributed by atoms with Gasteiger partial charge in [-0.3, -0.25) is 14.4 Å². The molecule has 12 nitrogen and oxygen atoms in total. The van der Waals surface area contributed by atoms with Crippen LogP contribution in [0.15, 0.2) is 97.2 Å². The second kappa shape index (κ2) is 54.2. The van der Waals surface area contributed by atoms with Crippen molar-refractivity contribution < 1.29 is 58.2 Å². The molecule has 1 rings (SSSR count). The number of carbonyl (C=O) groups excluding carboxylic acids is 3. The standard InChI is InChI=1S/C67H110O12/c1-4-7-10-13-16-19-22-25-28-29-30-31-34-37-40-43-46-49-52-55-61(70)78-65-63(72)62(71)64(66(73)74)79-67(65)76-57-58(77-60(69)54-51-48-45-42-39-36-33-27-24-21-18-15-12-9-6-3)56-75-59(68)53-50-47-44-41-38-35-32-26-23-20-17-14-11-8-5-2/h7,10,16-21,25-28,30-33,58,62-65,67,71-72H,4-6,8-9,11-15,22-24,29,34-57H2,1-3H3,(H,73,74)/b10-7-,19-16-,20-17-,21-18-,28-25-,31-30-,32-26-,33-27-. The molecule has 3 N–H and O–H groups in total. The van der Waals surface area contributed by atoms with Gasteiger partial charge in [-0.1, -0.05) is 208 Å². The lowest BCUT2D eigenvalue weighted by molar-refractivity contribution is -0.301. The van der Waals surface area contributed by atoms with Crippen LogP contribution in [0.4, 0.5) is 0 Å². The Labute approximate surface area is 479 Å². The first-order valence-electron chi connectivity index (χ1n) is 31.2. The van der Waals surface area contributed by atoms with E-state index in [2.05, 4.69) is 118 Å². The lowest BCUT2D eigenvalue weighted by Crippen LogP contribution is -2.61. The van der Waals surface area contributed by atoms with Gasteiger partial charge >= 0.3 is 23.9 Å². The largest absolute Gasteiger partial charge is 0.479 e. The summed E-state index contributed by atoms with van der Waals surface area (Å²) in [5, 5.41) is 31.6. The maximum absolute atomic E-state index is 13.2. The van der Waals surface area contributed by atoms with Crippen LogP contribution >= 0.6 is 0 Å². The molecule has 0 spiro atoms. The number of hydrogen-bond donors (Lipinski definition) is 3. The number of aliphatic carboxylic acids is 1. The van der Waals surface area contributed by atoms with Crippen LogP contribution in [0.3, 0.4) is 0 Å². The van der Waals surface area contributed by atoms with Crippen LogP contribution in [-0.4, -0.2) is 89.2 Å². The lowest BCUT2D eigenvalue weighted by Gasteiger charge is -2.40. The summed E-state index contributed by atoms with van der Waals surface area (Å²) in [7, 11) is 0. The van der Waals surface area contributed by atoms with E-state index >= 15 is 0 Å². The Hall–Kier alpha value is -4.36. The third kappa shape index (κ3) is 44.0. The van der Waals surface area contributed by atoms with Crippen molar-refractivity contribution in [3.63, 3.8) is 0 Å². The van der Waals surface area contributed by atoms with Crippen LogP contribution in [-0.2, 0) is 42.9 Å². The number of carboxylic acid groups (broad SMARTS) is 1. The maximum Gasteiger partial charge on any atom is 0.335 e. The monoisotopic (exact) mass is 1110 g/mol. The summed E-state index contributed by atoms with van der Waals surface area (Å²) in [5.41, 5.74) is 0. The van der Waals surface area contributed by atoms with Gasteiger partial charge in [0.25, 0.3) is 0 Å². The van der Waals surface area contributed by atoms with Crippen molar-refractivity contribution in [3.8, 4) is 0 Å². The van der Waals surface area contributed by atoms with E-state index in [0.29, 0.717) is 19.3 Å². The second-order valence-electron chi connectivity index (χ2n) is 20.9. The molecule has 0 saturated carbocycles. The number of carbonyl (C=O) groups is 4. The zero-order chi connectivity index (χ0) is 57.5. The van der Waals surface area contributed by atoms with Crippen molar-refractivity contribution in [1.29, 1.82) is 0 Å². The van der Waals surface area contributed by atoms with Gasteiger partial charge in [0.05, 0.1) is 6.61 Å². The van der Waals surface area contributed by atoms with Gasteiger partial charge in [-0.05, 0) is 122 Å². The van der Waals surface area contributed by atoms with E-state index in [4.69, 9.17) is 23.7 Å². The molecular formula is C67H110O12. The molecule has 0 amide bonds. The predicted octanol–water partition coefficient (Wildman–Crippen LogP) is 16.5. The smallest absolute Gasteiger partial charge is 0.335 e. The molecule has 0 radical (unpaired) electrons. The first-order chi connectivity index (χ1) is 38.6. The highest BCUT2D eigenvalue weighted by molar-refractivity contribution is 5.74. The number of esters is 3. The van der Waals surface area contributed by atoms with Crippen molar-refractivity contribution >= 4 is 23.9 Å². The summed E-state index contributed by atoms with van der Waals surface area (Å²) in [6.45, 7) is 5.81. The third-order valence-electron chi connectivity index (χ3n) is 13.6. The molecule has 6 unspecified atom stereocenters. The molecule has 1 aliphatic rings. The molecule has 1 aliphatic heterocycles. The first kappa shape index (κ1) is 72.7. The lowest BCUT2D eigenvalue weighted by atomic mass is 9.98. The van der Waals surface area contributed by atoms with Crippen molar-refractivity contribution in [2.45, 2.75) is 289 Å². The van der Waals surface area contributed by atoms with Gasteiger partial charge in [-0.2, -0.15) is 0 Å². The van der Waals surface area contributed by atoms with Crippen molar-refractivity contribution in [2.75, 3.05) is 13.2 Å². The fraction of sp³-hybridized carbons (Fsp3) is 0.701. The summed E-state index contributed by atoms with van der Waals surface area (Å²) in [6.07, 6.45) is 59.3. The van der Waals surface area contributed by atoms with Crippen LogP contribution in [0.1, 0.15) is 252 Å². The zero-order valence-electron chi connectivity index (χ0n) is 49.6. The first-order valence-corrected chi connectivity index (χ1v) is 31.2. The average molecular weight is 1110 g/mol. The van der Waals surface area contributed by atoms with Crippen molar-refractivity contribution in [1.82, 2.24) is 0 Å². The van der Waals surface area contributed by atoms with Gasteiger partial charge in [0, 0.05) is 19.3 Å². The SMILES string of the molecule is CC/C=C\C/C=C\C/C=C\C/C=C\CCCCCCCCC(=O)OC1C(OCC(COC(=O)CCCCCCC/C=C\C/C=C\CCCCC)OC(=O)CCCCCCC/C=C\C/C=C\CCCCC)OC(C(=O)O)C(O)C1O. The third-order valence-corrected chi connectivity index (χ3v) is 13.6. The van der Waals surface area contributed by atoms with E-state index in [9.17, 15) is 34.5 Å². The Morgan fingerprint density at radius 3 is 1.22 bits per heavy atom. The molecule has 1 saturated heterocycles. The fourth-order valence-electron chi connectivity index (χ4n) is 8.83. The summed E-state index contributed by atoms with van der Waals surface area (Å²) >= 11 is 0. The molecule has 79 heavy (non-hydrogen) atoms. The fourth-order valence-corrected chi connectivity index (χ4v) is 8.83. The Balaban J connectivity index is 2.70. The molecule has 0 bridgehead atoms. The van der Waals surface area contributed by atoms with E-state index in [-0.39, 0.29) is 25.9 Å². The molecule has 0 aromatic heterocycles. The summed E-state index contributed by atoms with van der Waals surface area (Å²) in [4.78, 5) is 51.2. The van der Waals surface area contributed by atoms with Crippen LogP contribution in [0.2, 0.25) is 0 Å². The average Bonchev–Trinajstić information content (AvgIpc) is 3.44. The van der Waals surface area contributed by atoms with Crippen LogP contribution in [0.5, 0.6) is 0 Å². The van der Waals surface area contributed by atoms with Gasteiger partial charge in [0.15, 0.2) is 24.6 Å². The Morgan fingerprint density at radius 2 is 0.797 bits per heavy atom. The molecule has 6 atom stereocenters. The van der Waals surface area contributed by atoms with Gasteiger partial charge < -0.3 is 39.0 Å².